The van der Waals surface area contributed by atoms with Gasteiger partial charge in [0.25, 0.3) is 0 Å². The lowest BCUT2D eigenvalue weighted by Gasteiger charge is -2.29. The van der Waals surface area contributed by atoms with Crippen LogP contribution in [0.2, 0.25) is 0 Å². The van der Waals surface area contributed by atoms with Crippen molar-refractivity contribution in [1.29, 1.82) is 0 Å². The van der Waals surface area contributed by atoms with Crippen molar-refractivity contribution >= 4 is 11.9 Å². The van der Waals surface area contributed by atoms with Crippen molar-refractivity contribution in [2.75, 3.05) is 27.7 Å². The van der Waals surface area contributed by atoms with E-state index in [4.69, 9.17) is 4.74 Å². The molecule has 0 fully saturated rings. The highest BCUT2D eigenvalue weighted by Crippen LogP contribution is 2.11. The number of aliphatic carboxylic acids is 1. The molecule has 0 aliphatic heterocycles. The maximum Gasteiger partial charge on any atom is 0.306 e. The molecule has 0 aliphatic carbocycles. The molecule has 1 atom stereocenters. The molecule has 0 bridgehead atoms. The Labute approximate surface area is 165 Å². The van der Waals surface area contributed by atoms with Gasteiger partial charge in [0.1, 0.15) is 6.54 Å². The Morgan fingerprint density at radius 3 is 2.15 bits per heavy atom. The maximum absolute atomic E-state index is 11.9. The molecule has 0 saturated carbocycles. The Morgan fingerprint density at radius 2 is 1.56 bits per heavy atom. The summed E-state index contributed by atoms with van der Waals surface area (Å²) in [7, 11) is 5.81. The van der Waals surface area contributed by atoms with Crippen molar-refractivity contribution in [3.63, 3.8) is 0 Å². The van der Waals surface area contributed by atoms with Gasteiger partial charge in [0, 0.05) is 18.8 Å². The summed E-state index contributed by atoms with van der Waals surface area (Å²) in [5.41, 5.74) is 0. The van der Waals surface area contributed by atoms with E-state index in [0.29, 0.717) is 17.4 Å². The number of carbonyl (C=O) groups excluding carboxylic acids is 2. The van der Waals surface area contributed by atoms with Gasteiger partial charge in [0.15, 0.2) is 6.10 Å². The summed E-state index contributed by atoms with van der Waals surface area (Å²) in [5.74, 6) is -1.49. The molecule has 156 valence electrons. The fraction of sp³-hybridized carbons (Fsp3) is 0.727. The number of carboxylic acids is 1. The van der Waals surface area contributed by atoms with Gasteiger partial charge in [-0.1, -0.05) is 56.9 Å². The molecule has 0 heterocycles. The zero-order valence-electron chi connectivity index (χ0n) is 17.7. The Balaban J connectivity index is 3.78. The van der Waals surface area contributed by atoms with Gasteiger partial charge >= 0.3 is 5.97 Å². The van der Waals surface area contributed by atoms with Crippen LogP contribution in [-0.4, -0.2) is 50.2 Å². The van der Waals surface area contributed by atoms with E-state index in [0.717, 1.165) is 32.1 Å². The first kappa shape index (κ1) is 25.4. The lowest BCUT2D eigenvalue weighted by Crippen LogP contribution is -2.45. The fourth-order valence-electron chi connectivity index (χ4n) is 2.81. The van der Waals surface area contributed by atoms with Gasteiger partial charge in [-0.2, -0.15) is 0 Å². The van der Waals surface area contributed by atoms with Crippen LogP contribution in [0.4, 0.5) is 0 Å². The zero-order chi connectivity index (χ0) is 20.5. The topological polar surface area (TPSA) is 66.4 Å². The quantitative estimate of drug-likeness (QED) is 0.178. The molecular weight excluding hydrogens is 342 g/mol. The normalized spacial score (nSPS) is 13.3. The number of allylic oxidation sites excluding steroid dienone is 4. The molecule has 27 heavy (non-hydrogen) atoms. The molecule has 0 amide bonds. The molecular formula is C22H39NO4. The number of esters is 1. The molecule has 0 aromatic rings. The highest BCUT2D eigenvalue weighted by molar-refractivity contribution is 5.70. The third-order valence-corrected chi connectivity index (χ3v) is 4.06. The Bertz CT molecular complexity index is 463. The average molecular weight is 382 g/mol. The minimum atomic E-state index is -1.18. The largest absolute Gasteiger partial charge is 0.550 e. The highest BCUT2D eigenvalue weighted by Gasteiger charge is 2.22. The van der Waals surface area contributed by atoms with E-state index in [1.54, 1.807) is 0 Å². The Hall–Kier alpha value is -1.62. The lowest BCUT2D eigenvalue weighted by molar-refractivity contribution is -0.873. The van der Waals surface area contributed by atoms with Crippen molar-refractivity contribution < 1.29 is 23.9 Å². The predicted molar refractivity (Wildman–Crippen MR) is 108 cm³/mol. The van der Waals surface area contributed by atoms with Crippen molar-refractivity contribution in [3.05, 3.63) is 24.3 Å². The summed E-state index contributed by atoms with van der Waals surface area (Å²) in [4.78, 5) is 22.8. The van der Waals surface area contributed by atoms with Gasteiger partial charge in [0.05, 0.1) is 21.1 Å². The maximum atomic E-state index is 11.9. The van der Waals surface area contributed by atoms with E-state index < -0.39 is 12.1 Å². The average Bonchev–Trinajstić information content (AvgIpc) is 2.53. The van der Waals surface area contributed by atoms with Crippen molar-refractivity contribution in [2.24, 2.45) is 0 Å². The van der Waals surface area contributed by atoms with Crippen LogP contribution in [0.25, 0.3) is 0 Å². The van der Waals surface area contributed by atoms with E-state index in [9.17, 15) is 14.7 Å². The monoisotopic (exact) mass is 381 g/mol. The number of hydrogen-bond donors (Lipinski definition) is 0. The van der Waals surface area contributed by atoms with E-state index in [-0.39, 0.29) is 12.4 Å². The summed E-state index contributed by atoms with van der Waals surface area (Å²) >= 11 is 0. The molecule has 0 saturated heterocycles. The van der Waals surface area contributed by atoms with Gasteiger partial charge in [-0.25, -0.2) is 0 Å². The van der Waals surface area contributed by atoms with Crippen LogP contribution in [0.15, 0.2) is 24.3 Å². The first-order valence-electron chi connectivity index (χ1n) is 10.3. The van der Waals surface area contributed by atoms with Gasteiger partial charge < -0.3 is 19.1 Å². The van der Waals surface area contributed by atoms with E-state index in [2.05, 4.69) is 31.2 Å². The molecule has 5 nitrogen and oxygen atoms in total. The molecule has 1 unspecified atom stereocenters. The van der Waals surface area contributed by atoms with Gasteiger partial charge in [-0.15, -0.1) is 0 Å². The summed E-state index contributed by atoms with van der Waals surface area (Å²) < 4.78 is 5.89. The van der Waals surface area contributed by atoms with Crippen LogP contribution in [0.5, 0.6) is 0 Å². The highest BCUT2D eigenvalue weighted by atomic mass is 16.5. The second kappa shape index (κ2) is 15.4. The number of hydrogen-bond acceptors (Lipinski definition) is 4. The molecule has 0 aromatic heterocycles. The first-order valence-corrected chi connectivity index (χ1v) is 10.3. The van der Waals surface area contributed by atoms with Crippen molar-refractivity contribution in [1.82, 2.24) is 0 Å². The first-order chi connectivity index (χ1) is 12.7. The summed E-state index contributed by atoms with van der Waals surface area (Å²) in [6.07, 6.45) is 16.8. The smallest absolute Gasteiger partial charge is 0.306 e. The second-order valence-corrected chi connectivity index (χ2v) is 8.09. The molecule has 5 heteroatoms. The second-order valence-electron chi connectivity index (χ2n) is 8.09. The van der Waals surface area contributed by atoms with Gasteiger partial charge in [0.2, 0.25) is 0 Å². The van der Waals surface area contributed by atoms with Crippen LogP contribution in [-0.2, 0) is 14.3 Å². The SMILES string of the molecule is CC/C=C/C=C/CCCCCCCCC(=O)OC(CC(=O)[O-])C[N+](C)(C)C. The van der Waals surface area contributed by atoms with E-state index in [1.807, 2.05) is 21.1 Å². The van der Waals surface area contributed by atoms with E-state index >= 15 is 0 Å². The van der Waals surface area contributed by atoms with Crippen LogP contribution in [0.1, 0.15) is 71.1 Å². The molecule has 0 aliphatic rings. The van der Waals surface area contributed by atoms with Crippen LogP contribution in [0, 0.1) is 0 Å². The Kier molecular flexibility index (Phi) is 14.5. The number of likely N-dealkylation sites (N-methyl/N-ethyl adjacent to an activating group) is 1. The number of nitrogens with zero attached hydrogens (tertiary/aromatic N) is 1. The molecule has 0 N–H and O–H groups in total. The molecule has 0 aromatic carbocycles. The number of carboxylic acid groups (broad SMARTS) is 1. The minimum absolute atomic E-state index is 0.246. The third-order valence-electron chi connectivity index (χ3n) is 4.06. The molecule has 0 spiro atoms. The lowest BCUT2D eigenvalue weighted by atomic mass is 10.1. The fourth-order valence-corrected chi connectivity index (χ4v) is 2.81. The summed E-state index contributed by atoms with van der Waals surface area (Å²) in [5, 5.41) is 10.8. The summed E-state index contributed by atoms with van der Waals surface area (Å²) in [6.45, 7) is 2.59. The van der Waals surface area contributed by atoms with Crippen LogP contribution < -0.4 is 5.11 Å². The number of unbranched alkanes of at least 4 members (excludes halogenated alkanes) is 6. The third kappa shape index (κ3) is 19.0. The number of carbonyl (C=O) groups is 2. The standard InChI is InChI=1S/C22H39NO4/c1-5-6-7-8-9-10-11-12-13-14-15-16-17-22(26)27-20(18-21(24)25)19-23(2,3)4/h6-9,20H,5,10-19H2,1-4H3/b7-6+,9-8+. The Morgan fingerprint density at radius 1 is 0.963 bits per heavy atom. The van der Waals surface area contributed by atoms with E-state index in [1.165, 1.54) is 19.3 Å². The van der Waals surface area contributed by atoms with Crippen LogP contribution >= 0.6 is 0 Å². The zero-order valence-corrected chi connectivity index (χ0v) is 17.7. The number of quaternary nitrogens is 1. The molecule has 0 radical (unpaired) electrons. The number of rotatable bonds is 16. The summed E-state index contributed by atoms with van der Waals surface area (Å²) in [6, 6.07) is 0. The number of ether oxygens (including phenoxy) is 1. The van der Waals surface area contributed by atoms with Crippen LogP contribution in [0.3, 0.4) is 0 Å². The van der Waals surface area contributed by atoms with Crippen molar-refractivity contribution in [2.45, 2.75) is 77.2 Å². The molecule has 0 rings (SSSR count). The van der Waals surface area contributed by atoms with Gasteiger partial charge in [-0.3, -0.25) is 4.79 Å². The predicted octanol–water partition coefficient (Wildman–Crippen LogP) is 3.39. The van der Waals surface area contributed by atoms with Crippen molar-refractivity contribution in [3.8, 4) is 0 Å². The van der Waals surface area contributed by atoms with Gasteiger partial charge in [-0.05, 0) is 25.7 Å². The minimum Gasteiger partial charge on any atom is -0.550 e.